The van der Waals surface area contributed by atoms with E-state index in [2.05, 4.69) is 27.5 Å². The molecule has 1 atom stereocenters. The monoisotopic (exact) mass is 528 g/mol. The van der Waals surface area contributed by atoms with Gasteiger partial charge in [-0.1, -0.05) is 61.9 Å². The fourth-order valence-electron chi connectivity index (χ4n) is 4.89. The maximum absolute atomic E-state index is 13.6. The quantitative estimate of drug-likeness (QED) is 0.292. The minimum atomic E-state index is -0.570. The molecule has 0 aliphatic rings. The van der Waals surface area contributed by atoms with Crippen LogP contribution < -0.4 is 11.2 Å². The third kappa shape index (κ3) is 4.81. The van der Waals surface area contributed by atoms with E-state index in [-0.39, 0.29) is 12.1 Å². The second kappa shape index (κ2) is 11.2. The Labute approximate surface area is 225 Å². The summed E-state index contributed by atoms with van der Waals surface area (Å²) in [5, 5.41) is 14.5. The van der Waals surface area contributed by atoms with E-state index in [0.29, 0.717) is 30.0 Å². The molecule has 0 radical (unpaired) electrons. The molecule has 1 unspecified atom stereocenters. The van der Waals surface area contributed by atoms with Gasteiger partial charge in [-0.25, -0.2) is 14.3 Å². The molecule has 2 aromatic carbocycles. The van der Waals surface area contributed by atoms with E-state index < -0.39 is 11.9 Å². The lowest BCUT2D eigenvalue weighted by molar-refractivity contribution is 0.0586. The largest absolute Gasteiger partial charge is 0.361 e. The molecular weight excluding hydrogens is 496 g/mol. The Morgan fingerprint density at radius 1 is 1.00 bits per heavy atom. The number of benzene rings is 2. The number of H-pyrrole nitrogens is 1. The number of aromatic nitrogens is 8. The first-order valence-corrected chi connectivity index (χ1v) is 13.2. The molecule has 11 nitrogen and oxygen atoms in total. The zero-order valence-electron chi connectivity index (χ0n) is 22.6. The third-order valence-electron chi connectivity index (χ3n) is 7.03. The average Bonchev–Trinajstić information content (AvgIpc) is 3.61. The van der Waals surface area contributed by atoms with Crippen LogP contribution in [0.5, 0.6) is 0 Å². The lowest BCUT2D eigenvalue weighted by atomic mass is 9.98. The van der Waals surface area contributed by atoms with E-state index in [1.54, 1.807) is 13.8 Å². The molecule has 1 N–H and O–H groups in total. The van der Waals surface area contributed by atoms with Crippen LogP contribution in [0.25, 0.3) is 33.7 Å². The number of methoxy groups -OCH3 is 1. The smallest absolute Gasteiger partial charge is 0.334 e. The summed E-state index contributed by atoms with van der Waals surface area (Å²) in [5.74, 6) is 1.31. The van der Waals surface area contributed by atoms with Gasteiger partial charge in [0.25, 0.3) is 5.56 Å². The number of unbranched alkanes of at least 4 members (excludes halogenated alkanes) is 1. The molecule has 0 saturated carbocycles. The van der Waals surface area contributed by atoms with Crippen LogP contribution in [-0.2, 0) is 24.2 Å². The van der Waals surface area contributed by atoms with Gasteiger partial charge in [-0.15, -0.1) is 10.2 Å². The summed E-state index contributed by atoms with van der Waals surface area (Å²) in [5.41, 5.74) is 3.92. The van der Waals surface area contributed by atoms with Gasteiger partial charge in [0.15, 0.2) is 11.2 Å². The van der Waals surface area contributed by atoms with E-state index in [0.717, 1.165) is 40.9 Å². The lowest BCUT2D eigenvalue weighted by Crippen LogP contribution is -2.41. The SMILES string of the molecule is CCCCc1nc2c(c(=O)n(CC)c(=O)n2C(C)OC)n1Cc1ccc(-c2ccccc2-c2nn[nH]n2)cc1. The van der Waals surface area contributed by atoms with Crippen molar-refractivity contribution in [2.45, 2.75) is 59.4 Å². The van der Waals surface area contributed by atoms with Crippen molar-refractivity contribution >= 4 is 11.2 Å². The highest BCUT2D eigenvalue weighted by Gasteiger charge is 2.23. The Kier molecular flexibility index (Phi) is 7.51. The van der Waals surface area contributed by atoms with Crippen molar-refractivity contribution in [3.63, 3.8) is 0 Å². The maximum Gasteiger partial charge on any atom is 0.334 e. The number of nitrogens with zero attached hydrogens (tertiary/aromatic N) is 7. The second-order valence-electron chi connectivity index (χ2n) is 9.40. The maximum atomic E-state index is 13.6. The summed E-state index contributed by atoms with van der Waals surface area (Å²) in [6.07, 6.45) is 2.03. The Morgan fingerprint density at radius 3 is 2.38 bits per heavy atom. The Morgan fingerprint density at radius 2 is 1.74 bits per heavy atom. The molecule has 5 rings (SSSR count). The highest BCUT2D eigenvalue weighted by atomic mass is 16.5. The molecule has 39 heavy (non-hydrogen) atoms. The van der Waals surface area contributed by atoms with E-state index in [9.17, 15) is 9.59 Å². The topological polar surface area (TPSA) is 126 Å². The van der Waals surface area contributed by atoms with Crippen molar-refractivity contribution in [3.8, 4) is 22.5 Å². The third-order valence-corrected chi connectivity index (χ3v) is 7.03. The summed E-state index contributed by atoms with van der Waals surface area (Å²) in [7, 11) is 1.54. The summed E-state index contributed by atoms with van der Waals surface area (Å²) in [4.78, 5) is 31.6. The first-order chi connectivity index (χ1) is 19.0. The first kappa shape index (κ1) is 26.2. The van der Waals surface area contributed by atoms with Crippen LogP contribution in [0.3, 0.4) is 0 Å². The number of fused-ring (bicyclic) bond motifs is 1. The summed E-state index contributed by atoms with van der Waals surface area (Å²) < 4.78 is 10.2. The van der Waals surface area contributed by atoms with Gasteiger partial charge in [-0.3, -0.25) is 9.36 Å². The van der Waals surface area contributed by atoms with Gasteiger partial charge in [0.1, 0.15) is 12.1 Å². The molecule has 202 valence electrons. The summed E-state index contributed by atoms with van der Waals surface area (Å²) >= 11 is 0. The van der Waals surface area contributed by atoms with E-state index in [1.807, 2.05) is 53.1 Å². The molecule has 0 saturated heterocycles. The lowest BCUT2D eigenvalue weighted by Gasteiger charge is -2.16. The van der Waals surface area contributed by atoms with Gasteiger partial charge in [0, 0.05) is 32.2 Å². The molecular formula is C28H32N8O3. The van der Waals surface area contributed by atoms with Crippen molar-refractivity contribution < 1.29 is 4.74 Å². The van der Waals surface area contributed by atoms with Crippen LogP contribution >= 0.6 is 0 Å². The molecule has 11 heteroatoms. The van der Waals surface area contributed by atoms with Gasteiger partial charge in [-0.2, -0.15) is 5.21 Å². The predicted octanol–water partition coefficient (Wildman–Crippen LogP) is 3.78. The average molecular weight is 529 g/mol. The molecule has 0 aliphatic heterocycles. The molecule has 5 aromatic rings. The van der Waals surface area contributed by atoms with Crippen LogP contribution in [0.1, 0.15) is 51.2 Å². The molecule has 0 spiro atoms. The minimum absolute atomic E-state index is 0.258. The predicted molar refractivity (Wildman–Crippen MR) is 148 cm³/mol. The second-order valence-corrected chi connectivity index (χ2v) is 9.40. The standard InChI is InChI=1S/C28H32N8O3/c1-5-7-12-23-29-26-24(27(37)34(6-2)28(38)36(26)18(3)39-4)35(23)17-19-13-15-20(16-14-19)21-10-8-9-11-22(21)25-30-32-33-31-25/h8-11,13-16,18H,5-7,12,17H2,1-4H3,(H,30,31,32,33). The van der Waals surface area contributed by atoms with Gasteiger partial charge in [-0.05, 0) is 42.2 Å². The zero-order chi connectivity index (χ0) is 27.5. The number of nitrogens with one attached hydrogen (secondary N) is 1. The number of imidazole rings is 1. The van der Waals surface area contributed by atoms with E-state index in [1.165, 1.54) is 16.2 Å². The summed E-state index contributed by atoms with van der Waals surface area (Å²) in [6, 6.07) is 16.1. The van der Waals surface area contributed by atoms with Crippen LogP contribution in [0.2, 0.25) is 0 Å². The molecule has 0 bridgehead atoms. The van der Waals surface area contributed by atoms with Gasteiger partial charge in [0.05, 0.1) is 0 Å². The number of aromatic amines is 1. The van der Waals surface area contributed by atoms with Crippen molar-refractivity contribution in [2.75, 3.05) is 7.11 Å². The van der Waals surface area contributed by atoms with Crippen molar-refractivity contribution in [1.82, 2.24) is 39.3 Å². The first-order valence-electron chi connectivity index (χ1n) is 13.2. The van der Waals surface area contributed by atoms with Crippen LogP contribution in [0.4, 0.5) is 0 Å². The molecule has 0 amide bonds. The number of aryl methyl sites for hydroxylation is 1. The fourth-order valence-corrected chi connectivity index (χ4v) is 4.89. The Bertz CT molecular complexity index is 1700. The van der Waals surface area contributed by atoms with Crippen molar-refractivity contribution in [1.29, 1.82) is 0 Å². The number of rotatable bonds is 10. The molecule has 0 fully saturated rings. The highest BCUT2D eigenvalue weighted by Crippen LogP contribution is 2.30. The van der Waals surface area contributed by atoms with Crippen LogP contribution in [0, 0.1) is 0 Å². The van der Waals surface area contributed by atoms with Crippen molar-refractivity contribution in [2.24, 2.45) is 0 Å². The Balaban J connectivity index is 1.60. The van der Waals surface area contributed by atoms with Gasteiger partial charge < -0.3 is 9.30 Å². The number of hydrogen-bond donors (Lipinski definition) is 1. The zero-order valence-corrected chi connectivity index (χ0v) is 22.6. The fraction of sp³-hybridized carbons (Fsp3) is 0.357. The molecule has 3 heterocycles. The normalized spacial score (nSPS) is 12.3. The minimum Gasteiger partial charge on any atom is -0.361 e. The van der Waals surface area contributed by atoms with Crippen LogP contribution in [0.15, 0.2) is 58.1 Å². The molecule has 3 aromatic heterocycles. The number of ether oxygens (including phenoxy) is 1. The summed E-state index contributed by atoms with van der Waals surface area (Å²) in [6.45, 7) is 6.39. The van der Waals surface area contributed by atoms with Gasteiger partial charge >= 0.3 is 5.69 Å². The Hall–Kier alpha value is -4.38. The number of hydrogen-bond acceptors (Lipinski definition) is 7. The van der Waals surface area contributed by atoms with Crippen LogP contribution in [-0.4, -0.2) is 46.4 Å². The van der Waals surface area contributed by atoms with Crippen molar-refractivity contribution in [3.05, 3.63) is 80.8 Å². The number of tetrazole rings is 1. The molecule has 0 aliphatic carbocycles. The van der Waals surface area contributed by atoms with E-state index in [4.69, 9.17) is 9.72 Å². The highest BCUT2D eigenvalue weighted by molar-refractivity contribution is 5.80. The van der Waals surface area contributed by atoms with E-state index >= 15 is 0 Å². The van der Waals surface area contributed by atoms with Gasteiger partial charge in [0.2, 0.25) is 5.82 Å².